The van der Waals surface area contributed by atoms with Gasteiger partial charge >= 0.3 is 0 Å². The van der Waals surface area contributed by atoms with Gasteiger partial charge in [-0.05, 0) is 27.2 Å². The number of aromatic nitrogens is 2. The highest BCUT2D eigenvalue weighted by molar-refractivity contribution is 7.89. The predicted molar refractivity (Wildman–Crippen MR) is 67.6 cm³/mol. The van der Waals surface area contributed by atoms with Gasteiger partial charge in [-0.15, -0.1) is 11.6 Å². The van der Waals surface area contributed by atoms with Gasteiger partial charge in [-0.2, -0.15) is 0 Å². The van der Waals surface area contributed by atoms with E-state index in [2.05, 4.69) is 9.71 Å². The van der Waals surface area contributed by atoms with E-state index < -0.39 is 15.6 Å². The second-order valence-corrected chi connectivity index (χ2v) is 6.48. The van der Waals surface area contributed by atoms with Crippen LogP contribution in [0.3, 0.4) is 0 Å². The molecule has 7 heteroatoms. The van der Waals surface area contributed by atoms with Crippen molar-refractivity contribution in [1.29, 1.82) is 0 Å². The standard InChI is InChI=1S/C10H18ClN3O2S/c1-4-14-7-9(12-8-14)17(15,16)13-10(2,3)5-6-11/h7-8,13H,4-6H2,1-3H3. The molecule has 0 amide bonds. The lowest BCUT2D eigenvalue weighted by Gasteiger charge is -2.24. The maximum Gasteiger partial charge on any atom is 0.260 e. The average molecular weight is 280 g/mol. The largest absolute Gasteiger partial charge is 0.336 e. The number of halogens is 1. The van der Waals surface area contributed by atoms with E-state index in [1.165, 1.54) is 12.5 Å². The van der Waals surface area contributed by atoms with E-state index in [4.69, 9.17) is 11.6 Å². The van der Waals surface area contributed by atoms with Crippen molar-refractivity contribution in [2.24, 2.45) is 0 Å². The summed E-state index contributed by atoms with van der Waals surface area (Å²) in [5.41, 5.74) is -0.573. The number of nitrogens with one attached hydrogen (secondary N) is 1. The molecule has 0 aliphatic rings. The monoisotopic (exact) mass is 279 g/mol. The fourth-order valence-electron chi connectivity index (χ4n) is 1.35. The van der Waals surface area contributed by atoms with Gasteiger partial charge in [0.2, 0.25) is 0 Å². The summed E-state index contributed by atoms with van der Waals surface area (Å²) in [7, 11) is -3.57. The molecule has 17 heavy (non-hydrogen) atoms. The predicted octanol–water partition coefficient (Wildman–Crippen LogP) is 1.59. The summed E-state index contributed by atoms with van der Waals surface area (Å²) in [6.45, 7) is 6.20. The molecule has 98 valence electrons. The molecule has 0 aromatic carbocycles. The minimum absolute atomic E-state index is 0.0435. The van der Waals surface area contributed by atoms with Gasteiger partial charge < -0.3 is 4.57 Å². The molecule has 1 heterocycles. The molecule has 0 saturated heterocycles. The normalized spacial score (nSPS) is 12.9. The van der Waals surface area contributed by atoms with Crippen molar-refractivity contribution in [2.45, 2.75) is 44.3 Å². The summed E-state index contributed by atoms with van der Waals surface area (Å²) in [5.74, 6) is 0.402. The van der Waals surface area contributed by atoms with Gasteiger partial charge in [0.05, 0.1) is 6.33 Å². The molecule has 5 nitrogen and oxygen atoms in total. The number of sulfonamides is 1. The fraction of sp³-hybridized carbons (Fsp3) is 0.700. The van der Waals surface area contributed by atoms with E-state index in [-0.39, 0.29) is 5.03 Å². The molecular formula is C10H18ClN3O2S. The Labute approximate surface area is 107 Å². The third kappa shape index (κ3) is 3.97. The van der Waals surface area contributed by atoms with Crippen molar-refractivity contribution in [3.63, 3.8) is 0 Å². The molecule has 0 saturated carbocycles. The van der Waals surface area contributed by atoms with Crippen LogP contribution < -0.4 is 4.72 Å². The fourth-order valence-corrected chi connectivity index (χ4v) is 3.22. The lowest BCUT2D eigenvalue weighted by Crippen LogP contribution is -2.43. The molecule has 1 N–H and O–H groups in total. The van der Waals surface area contributed by atoms with Gasteiger partial charge in [-0.1, -0.05) is 0 Å². The van der Waals surface area contributed by atoms with Crippen LogP contribution in [-0.2, 0) is 16.6 Å². The van der Waals surface area contributed by atoms with Crippen LogP contribution in [0.4, 0.5) is 0 Å². The van der Waals surface area contributed by atoms with Crippen LogP contribution in [0.1, 0.15) is 27.2 Å². The number of rotatable bonds is 6. The SMILES string of the molecule is CCn1cnc(S(=O)(=O)NC(C)(C)CCCl)c1. The van der Waals surface area contributed by atoms with Gasteiger partial charge in [0.1, 0.15) is 0 Å². The average Bonchev–Trinajstić information content (AvgIpc) is 2.64. The first-order valence-corrected chi connectivity index (χ1v) is 7.44. The molecule has 0 aliphatic carbocycles. The van der Waals surface area contributed by atoms with E-state index in [1.54, 1.807) is 18.4 Å². The van der Waals surface area contributed by atoms with Gasteiger partial charge in [-0.3, -0.25) is 0 Å². The number of imidazole rings is 1. The van der Waals surface area contributed by atoms with Crippen LogP contribution in [0.5, 0.6) is 0 Å². The van der Waals surface area contributed by atoms with E-state index in [0.29, 0.717) is 18.8 Å². The number of alkyl halides is 1. The summed E-state index contributed by atoms with van der Waals surface area (Å²) in [4.78, 5) is 3.88. The molecule has 0 unspecified atom stereocenters. The molecule has 0 spiro atoms. The van der Waals surface area contributed by atoms with E-state index in [0.717, 1.165) is 0 Å². The van der Waals surface area contributed by atoms with Crippen molar-refractivity contribution < 1.29 is 8.42 Å². The molecular weight excluding hydrogens is 262 g/mol. The van der Waals surface area contributed by atoms with Gasteiger partial charge in [0.25, 0.3) is 10.0 Å². The zero-order chi connectivity index (χ0) is 13.1. The smallest absolute Gasteiger partial charge is 0.260 e. The molecule has 0 fully saturated rings. The highest BCUT2D eigenvalue weighted by Gasteiger charge is 2.27. The highest BCUT2D eigenvalue weighted by atomic mass is 35.5. The Morgan fingerprint density at radius 3 is 2.65 bits per heavy atom. The van der Waals surface area contributed by atoms with Crippen LogP contribution in [0.2, 0.25) is 0 Å². The van der Waals surface area contributed by atoms with Crippen molar-refractivity contribution in [2.75, 3.05) is 5.88 Å². The Kier molecular flexibility index (Phi) is 4.57. The van der Waals surface area contributed by atoms with Crippen LogP contribution in [-0.4, -0.2) is 29.4 Å². The molecule has 0 aliphatic heterocycles. The second kappa shape index (κ2) is 5.37. The Morgan fingerprint density at radius 1 is 1.53 bits per heavy atom. The van der Waals surface area contributed by atoms with Crippen LogP contribution >= 0.6 is 11.6 Å². The number of nitrogens with zero attached hydrogens (tertiary/aromatic N) is 2. The first-order valence-electron chi connectivity index (χ1n) is 5.42. The maximum absolute atomic E-state index is 12.0. The van der Waals surface area contributed by atoms with E-state index >= 15 is 0 Å². The van der Waals surface area contributed by atoms with Gasteiger partial charge in [-0.25, -0.2) is 18.1 Å². The van der Waals surface area contributed by atoms with Crippen molar-refractivity contribution >= 4 is 21.6 Å². The number of aryl methyl sites for hydroxylation is 1. The topological polar surface area (TPSA) is 64.0 Å². The van der Waals surface area contributed by atoms with E-state index in [9.17, 15) is 8.42 Å². The van der Waals surface area contributed by atoms with Crippen LogP contribution in [0, 0.1) is 0 Å². The Morgan fingerprint density at radius 2 is 2.18 bits per heavy atom. The van der Waals surface area contributed by atoms with Gasteiger partial charge in [0.15, 0.2) is 5.03 Å². The van der Waals surface area contributed by atoms with Crippen LogP contribution in [0.25, 0.3) is 0 Å². The highest BCUT2D eigenvalue weighted by Crippen LogP contribution is 2.14. The van der Waals surface area contributed by atoms with Gasteiger partial charge in [0, 0.05) is 24.2 Å². The third-order valence-corrected chi connectivity index (χ3v) is 4.15. The third-order valence-electron chi connectivity index (χ3n) is 2.38. The summed E-state index contributed by atoms with van der Waals surface area (Å²) < 4.78 is 28.4. The lowest BCUT2D eigenvalue weighted by molar-refractivity contribution is 0.440. The summed E-state index contributed by atoms with van der Waals surface area (Å²) in [5, 5.41) is 0.0435. The molecule has 1 aromatic rings. The van der Waals surface area contributed by atoms with Crippen molar-refractivity contribution in [3.8, 4) is 0 Å². The summed E-state index contributed by atoms with van der Waals surface area (Å²) in [6.07, 6.45) is 3.57. The van der Waals surface area contributed by atoms with Crippen LogP contribution in [0.15, 0.2) is 17.6 Å². The quantitative estimate of drug-likeness (QED) is 0.804. The number of hydrogen-bond donors (Lipinski definition) is 1. The van der Waals surface area contributed by atoms with Crippen molar-refractivity contribution in [3.05, 3.63) is 12.5 Å². The number of hydrogen-bond acceptors (Lipinski definition) is 3. The first kappa shape index (κ1) is 14.5. The Bertz CT molecular complexity index is 468. The zero-order valence-electron chi connectivity index (χ0n) is 10.3. The second-order valence-electron chi connectivity index (χ2n) is 4.47. The molecule has 1 aromatic heterocycles. The Balaban J connectivity index is 2.88. The Hall–Kier alpha value is -0.590. The molecule has 0 bridgehead atoms. The minimum atomic E-state index is -3.57. The summed E-state index contributed by atoms with van der Waals surface area (Å²) in [6, 6.07) is 0. The summed E-state index contributed by atoms with van der Waals surface area (Å²) >= 11 is 5.63. The molecule has 0 atom stereocenters. The maximum atomic E-state index is 12.0. The lowest BCUT2D eigenvalue weighted by atomic mass is 10.0. The first-order chi connectivity index (χ1) is 7.80. The van der Waals surface area contributed by atoms with E-state index in [1.807, 2.05) is 6.92 Å². The zero-order valence-corrected chi connectivity index (χ0v) is 11.8. The molecule has 1 rings (SSSR count). The molecule has 0 radical (unpaired) electrons. The van der Waals surface area contributed by atoms with Crippen molar-refractivity contribution in [1.82, 2.24) is 14.3 Å². The minimum Gasteiger partial charge on any atom is -0.336 e.